The molecule has 1 aromatic carbocycles. The molecule has 0 bridgehead atoms. The molecule has 2 aromatic rings. The molecular weight excluding hydrogens is 330 g/mol. The minimum atomic E-state index is -3.75. The van der Waals surface area contributed by atoms with Crippen molar-refractivity contribution in [3.8, 4) is 0 Å². The number of aryl methyl sites for hydroxylation is 1. The van der Waals surface area contributed by atoms with Crippen molar-refractivity contribution in [2.75, 3.05) is 26.2 Å². The predicted molar refractivity (Wildman–Crippen MR) is 90.3 cm³/mol. The molecule has 1 saturated heterocycles. The SMILES string of the molecule is CCN1CCN(S(=O)(=O)c2ccc3[nH]c(=O)cc(C)c3c2)CC1=O. The van der Waals surface area contributed by atoms with Gasteiger partial charge < -0.3 is 9.88 Å². The zero-order chi connectivity index (χ0) is 17.5. The molecule has 1 aliphatic rings. The van der Waals surface area contributed by atoms with Gasteiger partial charge in [0.25, 0.3) is 0 Å². The monoisotopic (exact) mass is 349 g/mol. The van der Waals surface area contributed by atoms with Gasteiger partial charge >= 0.3 is 0 Å². The van der Waals surface area contributed by atoms with Gasteiger partial charge in [0.15, 0.2) is 0 Å². The van der Waals surface area contributed by atoms with Crippen molar-refractivity contribution in [1.29, 1.82) is 0 Å². The molecule has 0 aliphatic carbocycles. The lowest BCUT2D eigenvalue weighted by atomic mass is 10.1. The number of pyridine rings is 1. The fourth-order valence-electron chi connectivity index (χ4n) is 2.94. The van der Waals surface area contributed by atoms with Crippen molar-refractivity contribution in [3.63, 3.8) is 0 Å². The van der Waals surface area contributed by atoms with Crippen molar-refractivity contribution in [2.24, 2.45) is 0 Å². The molecule has 1 amide bonds. The summed E-state index contributed by atoms with van der Waals surface area (Å²) < 4.78 is 26.9. The van der Waals surface area contributed by atoms with Crippen molar-refractivity contribution in [3.05, 3.63) is 40.2 Å². The van der Waals surface area contributed by atoms with Gasteiger partial charge in [0.05, 0.1) is 11.4 Å². The first kappa shape index (κ1) is 16.7. The van der Waals surface area contributed by atoms with Crippen LogP contribution in [0.25, 0.3) is 10.9 Å². The van der Waals surface area contributed by atoms with Crippen LogP contribution in [0.4, 0.5) is 0 Å². The van der Waals surface area contributed by atoms with Crippen LogP contribution in [-0.4, -0.2) is 54.7 Å². The van der Waals surface area contributed by atoms with E-state index in [9.17, 15) is 18.0 Å². The van der Waals surface area contributed by atoms with E-state index in [1.54, 1.807) is 24.0 Å². The second kappa shape index (κ2) is 6.03. The molecular formula is C16H19N3O4S. The predicted octanol–water partition coefficient (Wildman–Crippen LogP) is 0.689. The van der Waals surface area contributed by atoms with Crippen LogP contribution in [0.3, 0.4) is 0 Å². The highest BCUT2D eigenvalue weighted by atomic mass is 32.2. The molecule has 2 heterocycles. The molecule has 1 aromatic heterocycles. The number of carbonyl (C=O) groups is 1. The van der Waals surface area contributed by atoms with E-state index < -0.39 is 10.0 Å². The third kappa shape index (κ3) is 2.83. The molecule has 1 fully saturated rings. The first-order valence-electron chi connectivity index (χ1n) is 7.74. The number of amides is 1. The van der Waals surface area contributed by atoms with Crippen LogP contribution in [0.5, 0.6) is 0 Å². The Kier molecular flexibility index (Phi) is 4.18. The molecule has 0 saturated carbocycles. The summed E-state index contributed by atoms with van der Waals surface area (Å²) in [6.45, 7) is 4.75. The summed E-state index contributed by atoms with van der Waals surface area (Å²) >= 11 is 0. The zero-order valence-corrected chi connectivity index (χ0v) is 14.4. The average molecular weight is 349 g/mol. The van der Waals surface area contributed by atoms with Gasteiger partial charge in [0.2, 0.25) is 21.5 Å². The number of nitrogens with one attached hydrogen (secondary N) is 1. The van der Waals surface area contributed by atoms with Gasteiger partial charge in [0, 0.05) is 36.6 Å². The number of aromatic amines is 1. The standard InChI is InChI=1S/C16H19N3O4S/c1-3-18-6-7-19(10-16(18)21)24(22,23)12-4-5-14-13(9-12)11(2)8-15(20)17-14/h4-5,8-9H,3,6-7,10H2,1-2H3,(H,17,20). The van der Waals surface area contributed by atoms with Crippen LogP contribution in [0.2, 0.25) is 0 Å². The number of sulfonamides is 1. The van der Waals surface area contributed by atoms with Gasteiger partial charge in [-0.2, -0.15) is 4.31 Å². The second-order valence-corrected chi connectivity index (χ2v) is 7.77. The van der Waals surface area contributed by atoms with Gasteiger partial charge in [-0.15, -0.1) is 0 Å². The van der Waals surface area contributed by atoms with Gasteiger partial charge in [-0.25, -0.2) is 8.42 Å². The molecule has 8 heteroatoms. The molecule has 0 spiro atoms. The number of rotatable bonds is 3. The van der Waals surface area contributed by atoms with E-state index >= 15 is 0 Å². The van der Waals surface area contributed by atoms with Crippen LogP contribution < -0.4 is 5.56 Å². The molecule has 1 N–H and O–H groups in total. The molecule has 128 valence electrons. The minimum absolute atomic E-state index is 0.128. The van der Waals surface area contributed by atoms with E-state index in [2.05, 4.69) is 4.98 Å². The number of nitrogens with zero attached hydrogens (tertiary/aromatic N) is 2. The number of likely N-dealkylation sites (N-methyl/N-ethyl adjacent to an activating group) is 1. The Morgan fingerprint density at radius 2 is 1.92 bits per heavy atom. The Morgan fingerprint density at radius 1 is 1.17 bits per heavy atom. The quantitative estimate of drug-likeness (QED) is 0.883. The molecule has 0 radical (unpaired) electrons. The summed E-state index contributed by atoms with van der Waals surface area (Å²) in [6, 6.07) is 6.03. The molecule has 7 nitrogen and oxygen atoms in total. The highest BCUT2D eigenvalue weighted by molar-refractivity contribution is 7.89. The van der Waals surface area contributed by atoms with Crippen LogP contribution in [0.15, 0.2) is 34.0 Å². The molecule has 0 atom stereocenters. The first-order chi connectivity index (χ1) is 11.3. The van der Waals surface area contributed by atoms with Crippen LogP contribution in [0.1, 0.15) is 12.5 Å². The van der Waals surface area contributed by atoms with Crippen LogP contribution >= 0.6 is 0 Å². The topological polar surface area (TPSA) is 90.6 Å². The van der Waals surface area contributed by atoms with Crippen LogP contribution in [-0.2, 0) is 14.8 Å². The zero-order valence-electron chi connectivity index (χ0n) is 13.6. The lowest BCUT2D eigenvalue weighted by molar-refractivity contribution is -0.133. The lowest BCUT2D eigenvalue weighted by Gasteiger charge is -2.32. The van der Waals surface area contributed by atoms with E-state index in [1.807, 2.05) is 6.92 Å². The van der Waals surface area contributed by atoms with Crippen molar-refractivity contribution >= 4 is 26.8 Å². The molecule has 0 unspecified atom stereocenters. The molecule has 24 heavy (non-hydrogen) atoms. The Bertz CT molecular complexity index is 965. The van der Waals surface area contributed by atoms with Gasteiger partial charge in [-0.05, 0) is 37.6 Å². The maximum atomic E-state index is 12.8. The number of fused-ring (bicyclic) bond motifs is 1. The summed E-state index contributed by atoms with van der Waals surface area (Å²) in [5.41, 5.74) is 1.07. The third-order valence-electron chi connectivity index (χ3n) is 4.32. The van der Waals surface area contributed by atoms with Gasteiger partial charge in [-0.3, -0.25) is 9.59 Å². The normalized spacial score (nSPS) is 16.8. The third-order valence-corrected chi connectivity index (χ3v) is 6.17. The number of piperazine rings is 1. The van der Waals surface area contributed by atoms with E-state index in [-0.39, 0.29) is 29.5 Å². The van der Waals surface area contributed by atoms with Crippen molar-refractivity contribution in [2.45, 2.75) is 18.7 Å². The average Bonchev–Trinajstić information content (AvgIpc) is 2.54. The summed E-state index contributed by atoms with van der Waals surface area (Å²) in [4.78, 5) is 28.0. The van der Waals surface area contributed by atoms with Gasteiger partial charge in [0.1, 0.15) is 0 Å². The number of H-pyrrole nitrogens is 1. The number of hydrogen-bond donors (Lipinski definition) is 1. The minimum Gasteiger partial charge on any atom is -0.341 e. The summed E-state index contributed by atoms with van der Waals surface area (Å²) in [5.74, 6) is -0.186. The van der Waals surface area contributed by atoms with E-state index in [0.717, 1.165) is 0 Å². The summed E-state index contributed by atoms with van der Waals surface area (Å²) in [7, 11) is -3.75. The first-order valence-corrected chi connectivity index (χ1v) is 9.18. The molecule has 3 rings (SSSR count). The number of aromatic nitrogens is 1. The van der Waals surface area contributed by atoms with E-state index in [0.29, 0.717) is 29.6 Å². The maximum Gasteiger partial charge on any atom is 0.248 e. The Balaban J connectivity index is 2.00. The lowest BCUT2D eigenvalue weighted by Crippen LogP contribution is -2.51. The smallest absolute Gasteiger partial charge is 0.248 e. The highest BCUT2D eigenvalue weighted by Gasteiger charge is 2.32. The summed E-state index contributed by atoms with van der Waals surface area (Å²) in [6.07, 6.45) is 0. The van der Waals surface area contributed by atoms with Crippen LogP contribution in [0, 0.1) is 6.92 Å². The maximum absolute atomic E-state index is 12.8. The Morgan fingerprint density at radius 3 is 2.58 bits per heavy atom. The highest BCUT2D eigenvalue weighted by Crippen LogP contribution is 2.23. The Hall–Kier alpha value is -2.19. The second-order valence-electron chi connectivity index (χ2n) is 5.84. The van der Waals surface area contributed by atoms with Crippen molar-refractivity contribution in [1.82, 2.24) is 14.2 Å². The van der Waals surface area contributed by atoms with E-state index in [4.69, 9.17) is 0 Å². The largest absolute Gasteiger partial charge is 0.341 e. The number of benzene rings is 1. The fraction of sp³-hybridized carbons (Fsp3) is 0.375. The van der Waals surface area contributed by atoms with E-state index in [1.165, 1.54) is 16.4 Å². The fourth-order valence-corrected chi connectivity index (χ4v) is 4.35. The molecule has 1 aliphatic heterocycles. The number of hydrogen-bond acceptors (Lipinski definition) is 4. The summed E-state index contributed by atoms with van der Waals surface area (Å²) in [5, 5.41) is 0.675. The Labute approximate surface area is 139 Å². The van der Waals surface area contributed by atoms with Gasteiger partial charge in [-0.1, -0.05) is 0 Å². The number of carbonyl (C=O) groups excluding carboxylic acids is 1. The van der Waals surface area contributed by atoms with Crippen molar-refractivity contribution < 1.29 is 13.2 Å².